The van der Waals surface area contributed by atoms with Gasteiger partial charge in [0.1, 0.15) is 11.6 Å². The Morgan fingerprint density at radius 3 is 2.72 bits per heavy atom. The lowest BCUT2D eigenvalue weighted by atomic mass is 10.1. The fourth-order valence-corrected chi connectivity index (χ4v) is 3.20. The van der Waals surface area contributed by atoms with E-state index in [1.54, 1.807) is 18.2 Å². The molecule has 0 saturated heterocycles. The van der Waals surface area contributed by atoms with Crippen molar-refractivity contribution in [3.8, 4) is 17.6 Å². The van der Waals surface area contributed by atoms with E-state index in [4.69, 9.17) is 14.2 Å². The predicted molar refractivity (Wildman–Crippen MR) is 106 cm³/mol. The average molecular weight is 394 g/mol. The highest BCUT2D eigenvalue weighted by molar-refractivity contribution is 6.02. The lowest BCUT2D eigenvalue weighted by Gasteiger charge is -2.07. The number of nitrogens with zero attached hydrogens (tertiary/aromatic N) is 2. The van der Waals surface area contributed by atoms with Crippen molar-refractivity contribution in [3.63, 3.8) is 0 Å². The van der Waals surface area contributed by atoms with E-state index in [2.05, 4.69) is 11.5 Å². The summed E-state index contributed by atoms with van der Waals surface area (Å²) in [6, 6.07) is 8.54. The zero-order valence-corrected chi connectivity index (χ0v) is 16.7. The number of aryl methyl sites for hydroxylation is 1. The van der Waals surface area contributed by atoms with Gasteiger partial charge in [-0.1, -0.05) is 6.92 Å². The average Bonchev–Trinajstić information content (AvgIpc) is 3.29. The van der Waals surface area contributed by atoms with Gasteiger partial charge in [-0.3, -0.25) is 4.79 Å². The van der Waals surface area contributed by atoms with Gasteiger partial charge in [-0.2, -0.15) is 5.26 Å². The number of fused-ring (bicyclic) bond motifs is 1. The quantitative estimate of drug-likeness (QED) is 0.309. The van der Waals surface area contributed by atoms with Crippen LogP contribution in [0.5, 0.6) is 11.5 Å². The summed E-state index contributed by atoms with van der Waals surface area (Å²) in [6.45, 7) is 6.52. The van der Waals surface area contributed by atoms with Crippen molar-refractivity contribution in [2.24, 2.45) is 0 Å². The normalized spacial score (nSPS) is 12.6. The van der Waals surface area contributed by atoms with Crippen LogP contribution in [0.15, 0.2) is 29.8 Å². The second-order valence-corrected chi connectivity index (χ2v) is 6.72. The van der Waals surface area contributed by atoms with Crippen molar-refractivity contribution in [2.75, 3.05) is 13.4 Å². The first-order valence-electron chi connectivity index (χ1n) is 9.33. The molecule has 0 saturated carbocycles. The molecule has 3 rings (SSSR count). The van der Waals surface area contributed by atoms with Gasteiger partial charge in [0.2, 0.25) is 6.79 Å². The number of ketones is 1. The molecule has 0 spiro atoms. The number of esters is 1. The summed E-state index contributed by atoms with van der Waals surface area (Å²) in [5.74, 6) is -0.187. The van der Waals surface area contributed by atoms with Crippen molar-refractivity contribution in [1.29, 1.82) is 5.26 Å². The van der Waals surface area contributed by atoms with E-state index in [-0.39, 0.29) is 12.4 Å². The van der Waals surface area contributed by atoms with Gasteiger partial charge in [-0.05, 0) is 56.2 Å². The van der Waals surface area contributed by atoms with Crippen LogP contribution in [0, 0.1) is 25.2 Å². The molecule has 0 unspecified atom stereocenters. The summed E-state index contributed by atoms with van der Waals surface area (Å²) in [4.78, 5) is 24.6. The van der Waals surface area contributed by atoms with Crippen molar-refractivity contribution in [1.82, 2.24) is 4.57 Å². The highest BCUT2D eigenvalue weighted by atomic mass is 16.7. The topological polar surface area (TPSA) is 90.6 Å². The van der Waals surface area contributed by atoms with Crippen LogP contribution < -0.4 is 9.47 Å². The van der Waals surface area contributed by atoms with Crippen molar-refractivity contribution >= 4 is 17.8 Å². The molecular formula is C22H22N2O5. The molecule has 29 heavy (non-hydrogen) atoms. The Bertz CT molecular complexity index is 1030. The molecule has 0 bridgehead atoms. The van der Waals surface area contributed by atoms with E-state index >= 15 is 0 Å². The van der Waals surface area contributed by atoms with Crippen molar-refractivity contribution in [3.05, 3.63) is 52.4 Å². The van der Waals surface area contributed by atoms with Crippen LogP contribution in [0.1, 0.15) is 40.7 Å². The third-order valence-corrected chi connectivity index (χ3v) is 4.73. The van der Waals surface area contributed by atoms with Crippen LogP contribution >= 0.6 is 0 Å². The second-order valence-electron chi connectivity index (χ2n) is 6.72. The molecule has 0 amide bonds. The molecule has 0 atom stereocenters. The van der Waals surface area contributed by atoms with Gasteiger partial charge in [0, 0.05) is 23.5 Å². The third kappa shape index (κ3) is 4.32. The van der Waals surface area contributed by atoms with Gasteiger partial charge < -0.3 is 18.8 Å². The number of aromatic nitrogens is 1. The number of rotatable bonds is 7. The molecule has 1 aliphatic rings. The third-order valence-electron chi connectivity index (χ3n) is 4.73. The molecule has 0 radical (unpaired) electrons. The van der Waals surface area contributed by atoms with Gasteiger partial charge in [0.25, 0.3) is 0 Å². The van der Waals surface area contributed by atoms with E-state index in [9.17, 15) is 14.9 Å². The molecule has 7 heteroatoms. The Labute approximate surface area is 169 Å². The number of carbonyl (C=O) groups excluding carboxylic acids is 2. The number of Topliss-reactive ketones (excluding diaryl/α,β-unsaturated/α-hetero) is 1. The minimum Gasteiger partial charge on any atom is -0.454 e. The molecule has 7 nitrogen and oxygen atoms in total. The van der Waals surface area contributed by atoms with Crippen molar-refractivity contribution < 1.29 is 23.8 Å². The van der Waals surface area contributed by atoms with Gasteiger partial charge in [0.15, 0.2) is 23.9 Å². The van der Waals surface area contributed by atoms with Crippen LogP contribution in [0.2, 0.25) is 0 Å². The Balaban J connectivity index is 1.69. The van der Waals surface area contributed by atoms with Gasteiger partial charge in [-0.15, -0.1) is 0 Å². The number of benzene rings is 1. The lowest BCUT2D eigenvalue weighted by Crippen LogP contribution is -2.15. The van der Waals surface area contributed by atoms with Crippen LogP contribution in [0.4, 0.5) is 0 Å². The standard InChI is InChI=1S/C22H22N2O5/c1-4-7-24-14(2)8-17(15(24)3)9-18(11-23)22(26)27-12-19(25)16-5-6-20-21(10-16)29-13-28-20/h5-6,8-10H,4,7,12-13H2,1-3H3. The summed E-state index contributed by atoms with van der Waals surface area (Å²) in [5, 5.41) is 9.37. The maximum atomic E-state index is 12.3. The number of hydrogen-bond donors (Lipinski definition) is 0. The number of hydrogen-bond acceptors (Lipinski definition) is 6. The molecule has 0 N–H and O–H groups in total. The monoisotopic (exact) mass is 394 g/mol. The molecular weight excluding hydrogens is 372 g/mol. The molecule has 2 aromatic rings. The summed E-state index contributed by atoms with van der Waals surface area (Å²) < 4.78 is 17.6. The smallest absolute Gasteiger partial charge is 0.349 e. The van der Waals surface area contributed by atoms with Crippen LogP contribution in [0.3, 0.4) is 0 Å². The van der Waals surface area contributed by atoms with E-state index < -0.39 is 18.4 Å². The summed E-state index contributed by atoms with van der Waals surface area (Å²) in [5.41, 5.74) is 3.00. The summed E-state index contributed by atoms with van der Waals surface area (Å²) >= 11 is 0. The Morgan fingerprint density at radius 1 is 1.24 bits per heavy atom. The first kappa shape index (κ1) is 20.2. The predicted octanol–water partition coefficient (Wildman–Crippen LogP) is 3.58. The fourth-order valence-electron chi connectivity index (χ4n) is 3.20. The number of nitriles is 1. The maximum absolute atomic E-state index is 12.3. The minimum absolute atomic E-state index is 0.108. The zero-order valence-electron chi connectivity index (χ0n) is 16.7. The number of carbonyl (C=O) groups is 2. The lowest BCUT2D eigenvalue weighted by molar-refractivity contribution is -0.137. The van der Waals surface area contributed by atoms with E-state index in [1.807, 2.05) is 26.0 Å². The first-order chi connectivity index (χ1) is 13.9. The first-order valence-corrected chi connectivity index (χ1v) is 9.33. The largest absolute Gasteiger partial charge is 0.454 e. The Hall–Kier alpha value is -3.53. The molecule has 2 heterocycles. The van der Waals surface area contributed by atoms with Gasteiger partial charge >= 0.3 is 5.97 Å². The summed E-state index contributed by atoms with van der Waals surface area (Å²) in [7, 11) is 0. The van der Waals surface area contributed by atoms with Crippen LogP contribution in [0.25, 0.3) is 6.08 Å². The SMILES string of the molecule is CCCn1c(C)cc(C=C(C#N)C(=O)OCC(=O)c2ccc3c(c2)OCO3)c1C. The Kier molecular flexibility index (Phi) is 6.03. The maximum Gasteiger partial charge on any atom is 0.349 e. The zero-order chi connectivity index (χ0) is 21.0. The van der Waals surface area contributed by atoms with E-state index in [0.717, 1.165) is 29.9 Å². The van der Waals surface area contributed by atoms with Gasteiger partial charge in [-0.25, -0.2) is 4.79 Å². The van der Waals surface area contributed by atoms with Gasteiger partial charge in [0.05, 0.1) is 0 Å². The second kappa shape index (κ2) is 8.65. The Morgan fingerprint density at radius 2 is 2.00 bits per heavy atom. The van der Waals surface area contributed by atoms with E-state index in [1.165, 1.54) is 6.08 Å². The van der Waals surface area contributed by atoms with Crippen LogP contribution in [-0.2, 0) is 16.1 Å². The van der Waals surface area contributed by atoms with E-state index in [0.29, 0.717) is 17.1 Å². The number of ether oxygens (including phenoxy) is 3. The molecule has 1 aromatic carbocycles. The summed E-state index contributed by atoms with van der Waals surface area (Å²) in [6.07, 6.45) is 2.48. The van der Waals surface area contributed by atoms with Crippen molar-refractivity contribution in [2.45, 2.75) is 33.7 Å². The minimum atomic E-state index is -0.832. The molecule has 1 aliphatic heterocycles. The highest BCUT2D eigenvalue weighted by Gasteiger charge is 2.19. The molecule has 0 aliphatic carbocycles. The molecule has 150 valence electrons. The van der Waals surface area contributed by atoms with Crippen LogP contribution in [-0.4, -0.2) is 29.7 Å². The molecule has 1 aromatic heterocycles. The molecule has 0 fully saturated rings. The highest BCUT2D eigenvalue weighted by Crippen LogP contribution is 2.32. The fraction of sp³-hybridized carbons (Fsp3) is 0.318.